The van der Waals surface area contributed by atoms with E-state index in [1.165, 1.54) is 27.7 Å². The number of hydrogen-bond acceptors (Lipinski definition) is 5. The highest BCUT2D eigenvalue weighted by molar-refractivity contribution is 7.11. The van der Waals surface area contributed by atoms with Gasteiger partial charge in [0.1, 0.15) is 11.1 Å². The monoisotopic (exact) mass is 433 g/mol. The van der Waals surface area contributed by atoms with E-state index in [1.54, 1.807) is 6.26 Å². The Bertz CT molecular complexity index is 1130. The molecule has 1 aromatic heterocycles. The van der Waals surface area contributed by atoms with E-state index >= 15 is 0 Å². The van der Waals surface area contributed by atoms with Gasteiger partial charge in [0.15, 0.2) is 5.78 Å². The van der Waals surface area contributed by atoms with Crippen LogP contribution in [0.15, 0.2) is 54.1 Å². The van der Waals surface area contributed by atoms with Gasteiger partial charge in [-0.2, -0.15) is 0 Å². The molecule has 5 heteroatoms. The largest absolute Gasteiger partial charge is 0.496 e. The number of hydrogen-bond donors (Lipinski definition) is 0. The minimum atomic E-state index is -0.113. The van der Waals surface area contributed by atoms with Crippen LogP contribution in [0.4, 0.5) is 0 Å². The summed E-state index contributed by atoms with van der Waals surface area (Å²) >= 11 is 1.51. The maximum Gasteiger partial charge on any atom is 0.175 e. The second-order valence-corrected chi connectivity index (χ2v) is 9.46. The summed E-state index contributed by atoms with van der Waals surface area (Å²) < 4.78 is 12.5. The summed E-state index contributed by atoms with van der Waals surface area (Å²) in [5.41, 5.74) is 2.77. The zero-order valence-electron chi connectivity index (χ0n) is 17.9. The molecule has 0 bridgehead atoms. The summed E-state index contributed by atoms with van der Waals surface area (Å²) in [5.74, 6) is 0.421. The predicted octanol–water partition coefficient (Wildman–Crippen LogP) is 5.94. The molecule has 4 nitrogen and oxygen atoms in total. The number of rotatable bonds is 5. The van der Waals surface area contributed by atoms with Crippen LogP contribution in [0.3, 0.4) is 0 Å². The first-order valence-electron chi connectivity index (χ1n) is 11.0. The molecule has 160 valence electrons. The second-order valence-electron chi connectivity index (χ2n) is 8.60. The normalized spacial score (nSPS) is 25.7. The number of benzene rings is 2. The number of ketones is 1. The summed E-state index contributed by atoms with van der Waals surface area (Å²) in [5, 5.41) is 5.21. The van der Waals surface area contributed by atoms with Crippen molar-refractivity contribution in [3.05, 3.63) is 70.4 Å². The Kier molecular flexibility index (Phi) is 5.63. The fourth-order valence-electron chi connectivity index (χ4n) is 4.94. The van der Waals surface area contributed by atoms with E-state index in [-0.39, 0.29) is 23.9 Å². The molecule has 2 heterocycles. The maximum atomic E-state index is 13.2. The molecule has 0 radical (unpaired) electrons. The summed E-state index contributed by atoms with van der Waals surface area (Å²) in [6.07, 6.45) is 4.16. The van der Waals surface area contributed by atoms with Crippen LogP contribution in [0.5, 0.6) is 0 Å². The lowest BCUT2D eigenvalue weighted by molar-refractivity contribution is -0.133. The number of nitrogens with zero attached hydrogens (tertiary/aromatic N) is 1. The molecule has 0 amide bonds. The molecule has 0 N–H and O–H groups in total. The topological polar surface area (TPSA) is 48.4 Å². The van der Waals surface area contributed by atoms with Crippen molar-refractivity contribution in [3.63, 3.8) is 0 Å². The summed E-state index contributed by atoms with van der Waals surface area (Å²) in [6.45, 7) is 4.71. The van der Waals surface area contributed by atoms with Gasteiger partial charge < -0.3 is 9.47 Å². The van der Waals surface area contributed by atoms with Crippen molar-refractivity contribution < 1.29 is 14.3 Å². The third kappa shape index (κ3) is 3.92. The van der Waals surface area contributed by atoms with Crippen LogP contribution < -0.4 is 0 Å². The number of carbonyl (C=O) groups excluding carboxylic acids is 1. The van der Waals surface area contributed by atoms with Crippen LogP contribution in [0.1, 0.15) is 42.5 Å². The van der Waals surface area contributed by atoms with E-state index in [4.69, 9.17) is 9.47 Å². The molecule has 3 aromatic rings. The van der Waals surface area contributed by atoms with Crippen molar-refractivity contribution in [1.29, 1.82) is 0 Å². The molecule has 1 fully saturated rings. The van der Waals surface area contributed by atoms with E-state index in [2.05, 4.69) is 54.4 Å². The van der Waals surface area contributed by atoms with E-state index in [1.807, 2.05) is 12.3 Å². The van der Waals surface area contributed by atoms with Crippen LogP contribution in [-0.4, -0.2) is 23.0 Å². The van der Waals surface area contributed by atoms with Crippen molar-refractivity contribution in [2.24, 2.45) is 11.8 Å². The Morgan fingerprint density at radius 2 is 2.00 bits per heavy atom. The predicted molar refractivity (Wildman–Crippen MR) is 124 cm³/mol. The minimum Gasteiger partial charge on any atom is -0.496 e. The van der Waals surface area contributed by atoms with Crippen LogP contribution in [0.2, 0.25) is 0 Å². The Labute approximate surface area is 186 Å². The second kappa shape index (κ2) is 8.56. The van der Waals surface area contributed by atoms with Crippen molar-refractivity contribution in [3.8, 4) is 0 Å². The van der Waals surface area contributed by atoms with Gasteiger partial charge in [-0.3, -0.25) is 4.79 Å². The number of Topliss-reactive ketones (excluding diaryl/α,β-unsaturated/α-hetero) is 1. The fraction of sp³-hybridized carbons (Fsp3) is 0.385. The van der Waals surface area contributed by atoms with Crippen LogP contribution in [0.25, 0.3) is 16.3 Å². The molecule has 1 aliphatic carbocycles. The minimum absolute atomic E-state index is 0.0927. The van der Waals surface area contributed by atoms with Gasteiger partial charge in [-0.25, -0.2) is 4.98 Å². The van der Waals surface area contributed by atoms with Crippen LogP contribution in [0, 0.1) is 18.8 Å². The molecule has 4 atom stereocenters. The molecule has 2 aromatic carbocycles. The number of carbonyl (C=O) groups is 1. The van der Waals surface area contributed by atoms with E-state index in [0.29, 0.717) is 18.1 Å². The van der Waals surface area contributed by atoms with Crippen molar-refractivity contribution in [2.75, 3.05) is 0 Å². The third-order valence-electron chi connectivity index (χ3n) is 6.67. The first kappa shape index (κ1) is 20.4. The molecule has 31 heavy (non-hydrogen) atoms. The molecular weight excluding hydrogens is 406 g/mol. The van der Waals surface area contributed by atoms with Gasteiger partial charge in [0.05, 0.1) is 30.5 Å². The van der Waals surface area contributed by atoms with Crippen LogP contribution >= 0.6 is 11.3 Å². The molecule has 5 rings (SSSR count). The van der Waals surface area contributed by atoms with Gasteiger partial charge in [-0.05, 0) is 35.6 Å². The average Bonchev–Trinajstić information content (AvgIpc) is 3.23. The smallest absolute Gasteiger partial charge is 0.175 e. The lowest BCUT2D eigenvalue weighted by Crippen LogP contribution is -2.45. The third-order valence-corrected chi connectivity index (χ3v) is 7.66. The molecule has 0 saturated heterocycles. The number of aromatic nitrogens is 1. The van der Waals surface area contributed by atoms with E-state index in [0.717, 1.165) is 30.0 Å². The lowest BCUT2D eigenvalue weighted by Gasteiger charge is -2.41. The summed E-state index contributed by atoms with van der Waals surface area (Å²) in [4.78, 5) is 17.7. The lowest BCUT2D eigenvalue weighted by atomic mass is 9.72. The first-order chi connectivity index (χ1) is 15.1. The highest BCUT2D eigenvalue weighted by Crippen LogP contribution is 2.41. The number of allylic oxidation sites excluding steroid dienone is 1. The van der Waals surface area contributed by atoms with Crippen molar-refractivity contribution in [1.82, 2.24) is 4.98 Å². The highest BCUT2D eigenvalue weighted by atomic mass is 32.1. The molecule has 1 aliphatic heterocycles. The molecule has 2 aliphatic rings. The number of aryl methyl sites for hydroxylation is 1. The van der Waals surface area contributed by atoms with Gasteiger partial charge >= 0.3 is 0 Å². The molecular formula is C26H27NO3S. The maximum absolute atomic E-state index is 13.2. The van der Waals surface area contributed by atoms with E-state index < -0.39 is 0 Å². The Hall–Kier alpha value is -2.50. The van der Waals surface area contributed by atoms with Gasteiger partial charge in [0.25, 0.3) is 0 Å². The molecule has 0 spiro atoms. The van der Waals surface area contributed by atoms with Gasteiger partial charge in [0, 0.05) is 17.5 Å². The van der Waals surface area contributed by atoms with Crippen molar-refractivity contribution in [2.45, 2.75) is 51.9 Å². The quantitative estimate of drug-likeness (QED) is 0.500. The fourth-order valence-corrected chi connectivity index (χ4v) is 5.74. The van der Waals surface area contributed by atoms with E-state index in [9.17, 15) is 4.79 Å². The summed E-state index contributed by atoms with van der Waals surface area (Å²) in [7, 11) is 0. The highest BCUT2D eigenvalue weighted by Gasteiger charge is 2.44. The Balaban J connectivity index is 1.32. The Morgan fingerprint density at radius 3 is 2.81 bits per heavy atom. The standard InChI is InChI=1S/C26H27NO3S/c1-3-17-11-21-24(30-14-22(25(21)28)26-27-16(2)15-31-26)12-23(17)29-13-19-9-6-8-18-7-4-5-10-20(18)19/h4-10,14-15,17,21,23-24H,3,11-13H2,1-2H3. The van der Waals surface area contributed by atoms with Gasteiger partial charge in [0.2, 0.25) is 0 Å². The SMILES string of the molecule is CCC1CC2C(=O)C(c3nc(C)cs3)=COC2CC1OCc1cccc2ccccc12. The zero-order valence-corrected chi connectivity index (χ0v) is 18.7. The summed E-state index contributed by atoms with van der Waals surface area (Å²) in [6, 6.07) is 14.8. The van der Waals surface area contributed by atoms with Gasteiger partial charge in [-0.15, -0.1) is 11.3 Å². The molecule has 1 saturated carbocycles. The first-order valence-corrected chi connectivity index (χ1v) is 11.9. The average molecular weight is 434 g/mol. The number of thiazole rings is 1. The zero-order chi connectivity index (χ0) is 21.4. The molecule has 4 unspecified atom stereocenters. The van der Waals surface area contributed by atoms with Gasteiger partial charge in [-0.1, -0.05) is 55.8 Å². The number of fused-ring (bicyclic) bond motifs is 2. The van der Waals surface area contributed by atoms with Crippen molar-refractivity contribution >= 4 is 33.5 Å². The Morgan fingerprint density at radius 1 is 1.16 bits per heavy atom. The number of ether oxygens (including phenoxy) is 2. The van der Waals surface area contributed by atoms with Crippen LogP contribution in [-0.2, 0) is 20.9 Å².